The van der Waals surface area contributed by atoms with Crippen LogP contribution < -0.4 is 26.7 Å². The van der Waals surface area contributed by atoms with Crippen molar-refractivity contribution in [2.75, 3.05) is 13.2 Å². The lowest BCUT2D eigenvalue weighted by Gasteiger charge is -2.26. The number of nitrogens with zero attached hydrogens (tertiary/aromatic N) is 1. The van der Waals surface area contributed by atoms with Crippen molar-refractivity contribution < 1.29 is 42.9 Å². The molecule has 3 rings (SSSR count). The SMILES string of the molecule is CC(C)[C@H](NC(=O)OCc1ccccc1)C(=O)N[C@@H](C)C(=O)NN(CC(=O)O)C(=O)COP(=O)(c1ccccc1)c1ccccc1. The van der Waals surface area contributed by atoms with E-state index in [0.717, 1.165) is 5.56 Å². The summed E-state index contributed by atoms with van der Waals surface area (Å²) in [7, 11) is -3.79. The van der Waals surface area contributed by atoms with Crippen LogP contribution in [0.3, 0.4) is 0 Å². The Bertz CT molecular complexity index is 1500. The molecule has 0 saturated heterocycles. The molecule has 0 aliphatic heterocycles. The van der Waals surface area contributed by atoms with Gasteiger partial charge in [-0.25, -0.2) is 9.80 Å². The molecule has 13 nitrogen and oxygen atoms in total. The summed E-state index contributed by atoms with van der Waals surface area (Å²) < 4.78 is 24.9. The summed E-state index contributed by atoms with van der Waals surface area (Å²) in [6.45, 7) is 2.89. The van der Waals surface area contributed by atoms with Crippen LogP contribution in [0, 0.1) is 5.92 Å². The number of rotatable bonds is 14. The second-order valence-corrected chi connectivity index (χ2v) is 12.9. The maximum Gasteiger partial charge on any atom is 0.408 e. The Morgan fingerprint density at radius 3 is 1.80 bits per heavy atom. The number of carbonyl (C=O) groups excluding carboxylic acids is 4. The van der Waals surface area contributed by atoms with Crippen LogP contribution in [-0.4, -0.2) is 65.1 Å². The second kappa shape index (κ2) is 16.9. The summed E-state index contributed by atoms with van der Waals surface area (Å²) in [6.07, 6.45) is -0.837. The van der Waals surface area contributed by atoms with Crippen LogP contribution in [0.15, 0.2) is 91.0 Å². The van der Waals surface area contributed by atoms with E-state index >= 15 is 0 Å². The van der Waals surface area contributed by atoms with E-state index in [1.807, 2.05) is 6.07 Å². The molecule has 46 heavy (non-hydrogen) atoms. The molecule has 0 unspecified atom stereocenters. The van der Waals surface area contributed by atoms with Crippen LogP contribution in [0.5, 0.6) is 0 Å². The summed E-state index contributed by atoms with van der Waals surface area (Å²) in [5.74, 6) is -4.47. The molecule has 14 heteroatoms. The molecule has 0 heterocycles. The van der Waals surface area contributed by atoms with Gasteiger partial charge in [-0.1, -0.05) is 80.6 Å². The molecule has 4 amide bonds. The lowest BCUT2D eigenvalue weighted by Crippen LogP contribution is -2.58. The Morgan fingerprint density at radius 2 is 1.30 bits per heavy atom. The van der Waals surface area contributed by atoms with Crippen molar-refractivity contribution in [3.63, 3.8) is 0 Å². The molecule has 3 aromatic carbocycles. The Morgan fingerprint density at radius 1 is 0.783 bits per heavy atom. The first-order valence-electron chi connectivity index (χ1n) is 14.4. The first kappa shape index (κ1) is 35.5. The molecule has 0 aliphatic rings. The van der Waals surface area contributed by atoms with Crippen LogP contribution in [0.25, 0.3) is 0 Å². The second-order valence-electron chi connectivity index (χ2n) is 10.5. The standard InChI is InChI=1S/C32H37N4O9P/c1-22(2)29(34-32(42)44-20-24-13-7-4-8-14-24)31(41)33-23(3)30(40)35-36(19-28(38)39)27(37)21-45-46(43,25-15-9-5-10-16-25)26-17-11-6-12-18-26/h4-18,22-23,29H,19-21H2,1-3H3,(H,33,41)(H,34,42)(H,35,40)(H,38,39)/t23-,29-/m0/s1. The predicted octanol–water partition coefficient (Wildman–Crippen LogP) is 2.33. The van der Waals surface area contributed by atoms with Crippen molar-refractivity contribution >= 4 is 47.8 Å². The summed E-state index contributed by atoms with van der Waals surface area (Å²) in [5, 5.41) is 15.5. The van der Waals surface area contributed by atoms with Gasteiger partial charge in [0.25, 0.3) is 19.2 Å². The highest BCUT2D eigenvalue weighted by molar-refractivity contribution is 7.74. The monoisotopic (exact) mass is 652 g/mol. The summed E-state index contributed by atoms with van der Waals surface area (Å²) in [5.41, 5.74) is 2.94. The number of aliphatic carboxylic acids is 1. The third kappa shape index (κ3) is 10.3. The van der Waals surface area contributed by atoms with Gasteiger partial charge in [0.15, 0.2) is 0 Å². The van der Waals surface area contributed by atoms with E-state index in [9.17, 15) is 33.6 Å². The highest BCUT2D eigenvalue weighted by atomic mass is 31.2. The number of carbonyl (C=O) groups is 5. The molecule has 244 valence electrons. The van der Waals surface area contributed by atoms with Gasteiger partial charge < -0.3 is 25.0 Å². The van der Waals surface area contributed by atoms with Crippen molar-refractivity contribution in [1.29, 1.82) is 0 Å². The van der Waals surface area contributed by atoms with Gasteiger partial charge in [-0.2, -0.15) is 0 Å². The number of nitrogens with one attached hydrogen (secondary N) is 3. The minimum atomic E-state index is -3.79. The molecular weight excluding hydrogens is 615 g/mol. The van der Waals surface area contributed by atoms with Gasteiger partial charge in [0.1, 0.15) is 31.8 Å². The molecular formula is C32H37N4O9P. The lowest BCUT2D eigenvalue weighted by atomic mass is 10.0. The maximum absolute atomic E-state index is 14.0. The number of carboxylic acid groups (broad SMARTS) is 1. The Kier molecular flexibility index (Phi) is 13.0. The average Bonchev–Trinajstić information content (AvgIpc) is 3.05. The summed E-state index contributed by atoms with van der Waals surface area (Å²) in [4.78, 5) is 63.0. The number of amides is 4. The Hall–Kier alpha value is -5.00. The smallest absolute Gasteiger partial charge is 0.408 e. The van der Waals surface area contributed by atoms with Gasteiger partial charge in [-0.05, 0) is 42.7 Å². The largest absolute Gasteiger partial charge is 0.480 e. The zero-order valence-corrected chi connectivity index (χ0v) is 26.5. The first-order chi connectivity index (χ1) is 21.9. The van der Waals surface area contributed by atoms with Crippen LogP contribution >= 0.6 is 7.37 Å². The number of alkyl carbamates (subject to hydrolysis) is 1. The fourth-order valence-electron chi connectivity index (χ4n) is 4.12. The third-order valence-electron chi connectivity index (χ3n) is 6.59. The molecule has 0 aliphatic carbocycles. The number of hydrazine groups is 1. The third-order valence-corrected chi connectivity index (χ3v) is 9.04. The predicted molar refractivity (Wildman–Crippen MR) is 169 cm³/mol. The zero-order chi connectivity index (χ0) is 33.7. The molecule has 0 fully saturated rings. The minimum Gasteiger partial charge on any atom is -0.480 e. The summed E-state index contributed by atoms with van der Waals surface area (Å²) in [6, 6.07) is 23.1. The lowest BCUT2D eigenvalue weighted by molar-refractivity contribution is -0.151. The average molecular weight is 653 g/mol. The van der Waals surface area contributed by atoms with Gasteiger partial charge in [0.2, 0.25) is 5.91 Å². The molecule has 0 radical (unpaired) electrons. The van der Waals surface area contributed by atoms with E-state index in [0.29, 0.717) is 15.6 Å². The fraction of sp³-hybridized carbons (Fsp3) is 0.281. The van der Waals surface area contributed by atoms with Crippen molar-refractivity contribution in [3.05, 3.63) is 96.6 Å². The molecule has 0 saturated carbocycles. The van der Waals surface area contributed by atoms with Gasteiger partial charge in [-0.15, -0.1) is 0 Å². The minimum absolute atomic E-state index is 0.0127. The van der Waals surface area contributed by atoms with Crippen molar-refractivity contribution in [3.8, 4) is 0 Å². The highest BCUT2D eigenvalue weighted by Crippen LogP contribution is 2.44. The van der Waals surface area contributed by atoms with E-state index in [1.165, 1.54) is 6.92 Å². The van der Waals surface area contributed by atoms with Crippen LogP contribution in [0.1, 0.15) is 26.3 Å². The van der Waals surface area contributed by atoms with Crippen molar-refractivity contribution in [2.24, 2.45) is 5.92 Å². The normalized spacial score (nSPS) is 12.3. The number of benzene rings is 3. The van der Waals surface area contributed by atoms with Gasteiger partial charge >= 0.3 is 12.1 Å². The first-order valence-corrected chi connectivity index (χ1v) is 16.0. The fourth-order valence-corrected chi connectivity index (χ4v) is 6.14. The maximum atomic E-state index is 14.0. The molecule has 0 spiro atoms. The number of ether oxygens (including phenoxy) is 1. The Labute approximate surface area is 266 Å². The van der Waals surface area contributed by atoms with Crippen LogP contribution in [0.4, 0.5) is 4.79 Å². The molecule has 2 atom stereocenters. The summed E-state index contributed by atoms with van der Waals surface area (Å²) >= 11 is 0. The van der Waals surface area contributed by atoms with E-state index in [4.69, 9.17) is 9.26 Å². The highest BCUT2D eigenvalue weighted by Gasteiger charge is 2.32. The molecule has 3 aromatic rings. The zero-order valence-electron chi connectivity index (χ0n) is 25.6. The van der Waals surface area contributed by atoms with Crippen molar-refractivity contribution in [2.45, 2.75) is 39.5 Å². The van der Waals surface area contributed by atoms with Crippen LogP contribution in [0.2, 0.25) is 0 Å². The van der Waals surface area contributed by atoms with Gasteiger partial charge in [0.05, 0.1) is 0 Å². The molecule has 4 N–H and O–H groups in total. The number of hydrogen-bond acceptors (Lipinski definition) is 8. The molecule has 0 bridgehead atoms. The number of carboxylic acids is 1. The van der Waals surface area contributed by atoms with Gasteiger partial charge in [0, 0.05) is 10.6 Å². The van der Waals surface area contributed by atoms with E-state index in [1.54, 1.807) is 98.8 Å². The van der Waals surface area contributed by atoms with Gasteiger partial charge in [-0.3, -0.25) is 29.2 Å². The van der Waals surface area contributed by atoms with E-state index in [2.05, 4.69) is 16.1 Å². The molecule has 0 aromatic heterocycles. The topological polar surface area (TPSA) is 180 Å². The quantitative estimate of drug-likeness (QED) is 0.150. The van der Waals surface area contributed by atoms with Crippen LogP contribution in [-0.2, 0) is 39.6 Å². The van der Waals surface area contributed by atoms with Crippen molar-refractivity contribution in [1.82, 2.24) is 21.1 Å². The van der Waals surface area contributed by atoms with E-state index in [-0.39, 0.29) is 6.61 Å². The van der Waals surface area contributed by atoms with E-state index < -0.39 is 68.3 Å². The Balaban J connectivity index is 1.64. The number of hydrogen-bond donors (Lipinski definition) is 4.